The average molecular weight is 165 g/mol. The standard InChI is InChI=1S/C12H7N/c1-3-9-5-2-6-11-12(9)10(4-1)7-8-13-11/h1-7H. The molecule has 0 unspecified atom stereocenters. The third-order valence-electron chi connectivity index (χ3n) is 2.32. The maximum atomic E-state index is 4.21. The third kappa shape index (κ3) is 0.851. The highest BCUT2D eigenvalue weighted by molar-refractivity contribution is 6.05. The van der Waals surface area contributed by atoms with Gasteiger partial charge in [-0.05, 0) is 22.9 Å². The molecule has 0 amide bonds. The topological polar surface area (TPSA) is 12.4 Å². The number of nitrogens with zero attached hydrogens (tertiary/aromatic N) is 1. The van der Waals surface area contributed by atoms with Crippen molar-refractivity contribution in [1.82, 2.24) is 0 Å². The van der Waals surface area contributed by atoms with E-state index in [0.717, 1.165) is 5.69 Å². The molecule has 1 aliphatic rings. The highest BCUT2D eigenvalue weighted by Gasteiger charge is 2.04. The molecular weight excluding hydrogens is 158 g/mol. The van der Waals surface area contributed by atoms with E-state index < -0.39 is 0 Å². The van der Waals surface area contributed by atoms with Gasteiger partial charge in [0.1, 0.15) is 0 Å². The molecule has 2 aromatic rings. The van der Waals surface area contributed by atoms with E-state index in [9.17, 15) is 0 Å². The second kappa shape index (κ2) is 2.32. The van der Waals surface area contributed by atoms with Crippen LogP contribution in [0, 0.1) is 0 Å². The zero-order chi connectivity index (χ0) is 8.67. The van der Waals surface area contributed by atoms with Crippen molar-refractivity contribution in [2.45, 2.75) is 0 Å². The molecule has 1 aliphatic heterocycles. The van der Waals surface area contributed by atoms with E-state index in [1.165, 1.54) is 16.3 Å². The first-order valence-corrected chi connectivity index (χ1v) is 4.26. The molecule has 1 heterocycles. The van der Waals surface area contributed by atoms with Gasteiger partial charge in [0, 0.05) is 11.5 Å². The lowest BCUT2D eigenvalue weighted by molar-refractivity contribution is 1.57. The molecule has 60 valence electrons. The molecule has 0 saturated heterocycles. The van der Waals surface area contributed by atoms with Gasteiger partial charge in [-0.15, -0.1) is 0 Å². The number of benzene rings is 2. The fraction of sp³-hybridized carbons (Fsp3) is 0. The van der Waals surface area contributed by atoms with Gasteiger partial charge in [0.2, 0.25) is 0 Å². The van der Waals surface area contributed by atoms with E-state index in [0.29, 0.717) is 0 Å². The van der Waals surface area contributed by atoms with Gasteiger partial charge in [-0.2, -0.15) is 0 Å². The molecule has 0 N–H and O–H groups in total. The van der Waals surface area contributed by atoms with Crippen LogP contribution >= 0.6 is 0 Å². The van der Waals surface area contributed by atoms with Gasteiger partial charge >= 0.3 is 0 Å². The quantitative estimate of drug-likeness (QED) is 0.485. The largest absolute Gasteiger partial charge is 0.206 e. The molecule has 0 spiro atoms. The SMILES string of the molecule is C1=Cc2cccc3cccc(c23)N=1. The van der Waals surface area contributed by atoms with Crippen molar-refractivity contribution in [2.75, 3.05) is 0 Å². The van der Waals surface area contributed by atoms with Crippen molar-refractivity contribution < 1.29 is 0 Å². The predicted molar refractivity (Wildman–Crippen MR) is 55.5 cm³/mol. The number of rotatable bonds is 0. The smallest absolute Gasteiger partial charge is 0.0814 e. The predicted octanol–water partition coefficient (Wildman–Crippen LogP) is 3.17. The van der Waals surface area contributed by atoms with E-state index in [1.54, 1.807) is 0 Å². The first-order valence-electron chi connectivity index (χ1n) is 4.26. The monoisotopic (exact) mass is 165 g/mol. The zero-order valence-electron chi connectivity index (χ0n) is 6.99. The molecule has 0 aliphatic carbocycles. The summed E-state index contributed by atoms with van der Waals surface area (Å²) in [5, 5.41) is 2.49. The van der Waals surface area contributed by atoms with Crippen LogP contribution in [0.1, 0.15) is 5.56 Å². The first-order chi connectivity index (χ1) is 6.45. The molecule has 3 rings (SSSR count). The summed E-state index contributed by atoms with van der Waals surface area (Å²) in [6.45, 7) is 0. The zero-order valence-corrected chi connectivity index (χ0v) is 6.99. The van der Waals surface area contributed by atoms with Gasteiger partial charge in [-0.1, -0.05) is 30.3 Å². The summed E-state index contributed by atoms with van der Waals surface area (Å²) in [5.74, 6) is 2.90. The summed E-state index contributed by atoms with van der Waals surface area (Å²) in [5.41, 5.74) is 2.23. The Kier molecular flexibility index (Phi) is 1.18. The fourth-order valence-electron chi connectivity index (χ4n) is 1.73. The van der Waals surface area contributed by atoms with Gasteiger partial charge in [0.05, 0.1) is 5.69 Å². The Hall–Kier alpha value is -1.85. The average Bonchev–Trinajstić information content (AvgIpc) is 2.19. The summed E-state index contributed by atoms with van der Waals surface area (Å²) in [6, 6.07) is 12.4. The summed E-state index contributed by atoms with van der Waals surface area (Å²) >= 11 is 0. The summed E-state index contributed by atoms with van der Waals surface area (Å²) < 4.78 is 0. The Morgan fingerprint density at radius 3 is 2.77 bits per heavy atom. The maximum Gasteiger partial charge on any atom is 0.0814 e. The normalized spacial score (nSPS) is 12.3. The van der Waals surface area contributed by atoms with E-state index in [2.05, 4.69) is 35.1 Å². The summed E-state index contributed by atoms with van der Waals surface area (Å²) in [6.07, 6.45) is 1.93. The minimum Gasteiger partial charge on any atom is -0.206 e. The van der Waals surface area contributed by atoms with Crippen LogP contribution < -0.4 is 0 Å². The first kappa shape index (κ1) is 6.64. The minimum atomic E-state index is 1.02. The maximum absolute atomic E-state index is 4.21. The van der Waals surface area contributed by atoms with Crippen LogP contribution in [0.2, 0.25) is 0 Å². The van der Waals surface area contributed by atoms with Crippen molar-refractivity contribution >= 4 is 28.4 Å². The molecular formula is C12H7N. The fourth-order valence-corrected chi connectivity index (χ4v) is 1.73. The van der Waals surface area contributed by atoms with Gasteiger partial charge in [0.25, 0.3) is 0 Å². The van der Waals surface area contributed by atoms with Crippen LogP contribution in [0.15, 0.2) is 41.4 Å². The van der Waals surface area contributed by atoms with Crippen LogP contribution in [0.5, 0.6) is 0 Å². The van der Waals surface area contributed by atoms with E-state index >= 15 is 0 Å². The van der Waals surface area contributed by atoms with Crippen LogP contribution in [-0.2, 0) is 0 Å². The molecule has 0 atom stereocenters. The minimum absolute atomic E-state index is 1.02. The number of aliphatic imine (C=N–C) groups is 1. The van der Waals surface area contributed by atoms with Crippen LogP contribution in [0.25, 0.3) is 16.8 Å². The number of hydrogen-bond donors (Lipinski definition) is 0. The Labute approximate surface area is 76.0 Å². The van der Waals surface area contributed by atoms with Crippen molar-refractivity contribution in [3.8, 4) is 0 Å². The molecule has 1 nitrogen and oxygen atoms in total. The lowest BCUT2D eigenvalue weighted by Crippen LogP contribution is -1.82. The summed E-state index contributed by atoms with van der Waals surface area (Å²) in [4.78, 5) is 4.21. The molecule has 0 bridgehead atoms. The Morgan fingerprint density at radius 2 is 1.85 bits per heavy atom. The Bertz CT molecular complexity index is 503. The van der Waals surface area contributed by atoms with E-state index in [-0.39, 0.29) is 0 Å². The van der Waals surface area contributed by atoms with Crippen LogP contribution in [-0.4, -0.2) is 5.87 Å². The molecule has 0 radical (unpaired) electrons. The van der Waals surface area contributed by atoms with Crippen LogP contribution in [0.3, 0.4) is 0 Å². The lowest BCUT2D eigenvalue weighted by Gasteiger charge is -2.06. The highest BCUT2D eigenvalue weighted by Crippen LogP contribution is 2.31. The molecule has 0 saturated carbocycles. The molecule has 1 heteroatoms. The van der Waals surface area contributed by atoms with E-state index in [4.69, 9.17) is 0 Å². The molecule has 0 fully saturated rings. The van der Waals surface area contributed by atoms with Gasteiger partial charge in [0.15, 0.2) is 0 Å². The molecule has 13 heavy (non-hydrogen) atoms. The lowest BCUT2D eigenvalue weighted by atomic mass is 10.0. The van der Waals surface area contributed by atoms with Gasteiger partial charge in [-0.25, -0.2) is 4.99 Å². The van der Waals surface area contributed by atoms with Crippen molar-refractivity contribution in [3.63, 3.8) is 0 Å². The second-order valence-corrected chi connectivity index (χ2v) is 3.11. The second-order valence-electron chi connectivity index (χ2n) is 3.11. The Morgan fingerprint density at radius 1 is 1.00 bits per heavy atom. The van der Waals surface area contributed by atoms with Gasteiger partial charge < -0.3 is 0 Å². The van der Waals surface area contributed by atoms with E-state index in [1.807, 2.05) is 18.2 Å². The Balaban J connectivity index is 2.62. The van der Waals surface area contributed by atoms with Crippen molar-refractivity contribution in [1.29, 1.82) is 0 Å². The third-order valence-corrected chi connectivity index (χ3v) is 2.32. The number of hydrogen-bond acceptors (Lipinski definition) is 1. The highest BCUT2D eigenvalue weighted by atomic mass is 14.7. The van der Waals surface area contributed by atoms with Crippen molar-refractivity contribution in [3.05, 3.63) is 42.0 Å². The van der Waals surface area contributed by atoms with Crippen LogP contribution in [0.4, 0.5) is 5.69 Å². The molecule has 2 aromatic carbocycles. The summed E-state index contributed by atoms with van der Waals surface area (Å²) in [7, 11) is 0. The molecule has 0 aromatic heterocycles. The van der Waals surface area contributed by atoms with Crippen molar-refractivity contribution in [2.24, 2.45) is 4.99 Å². The van der Waals surface area contributed by atoms with Gasteiger partial charge in [-0.3, -0.25) is 0 Å².